The summed E-state index contributed by atoms with van der Waals surface area (Å²) >= 11 is 0. The zero-order valence-electron chi connectivity index (χ0n) is 10.4. The highest BCUT2D eigenvalue weighted by Gasteiger charge is 2.04. The molecule has 0 saturated carbocycles. The van der Waals surface area contributed by atoms with Crippen molar-refractivity contribution in [3.63, 3.8) is 0 Å². The number of nitrogens with two attached hydrogens (primary N) is 1. The van der Waals surface area contributed by atoms with Crippen molar-refractivity contribution in [3.8, 4) is 17.6 Å². The topological polar surface area (TPSA) is 90.6 Å². The van der Waals surface area contributed by atoms with Crippen molar-refractivity contribution in [3.05, 3.63) is 29.8 Å². The van der Waals surface area contributed by atoms with Gasteiger partial charge in [-0.3, -0.25) is 10.2 Å². The van der Waals surface area contributed by atoms with Gasteiger partial charge in [0.15, 0.2) is 6.61 Å². The largest absolute Gasteiger partial charge is 0.482 e. The van der Waals surface area contributed by atoms with Crippen LogP contribution in [0.5, 0.6) is 5.75 Å². The molecule has 1 rings (SSSR count). The van der Waals surface area contributed by atoms with E-state index in [4.69, 9.17) is 10.6 Å². The van der Waals surface area contributed by atoms with Crippen LogP contribution in [0.15, 0.2) is 24.3 Å². The first-order valence-electron chi connectivity index (χ1n) is 5.57. The van der Waals surface area contributed by atoms with Gasteiger partial charge in [0.1, 0.15) is 5.75 Å². The molecule has 0 saturated heterocycles. The number of nitrogens with one attached hydrogen (secondary N) is 1. The first-order chi connectivity index (χ1) is 9.17. The van der Waals surface area contributed by atoms with Crippen molar-refractivity contribution in [2.45, 2.75) is 6.92 Å². The zero-order chi connectivity index (χ0) is 14.1. The lowest BCUT2D eigenvalue weighted by molar-refractivity contribution is -0.136. The Morgan fingerprint density at radius 3 is 2.79 bits per heavy atom. The summed E-state index contributed by atoms with van der Waals surface area (Å²) in [6.45, 7) is 1.74. The molecule has 0 bridgehead atoms. The maximum atomic E-state index is 11.1. The van der Waals surface area contributed by atoms with Crippen LogP contribution in [0.2, 0.25) is 0 Å². The molecule has 1 aromatic rings. The number of benzene rings is 1. The second kappa shape index (κ2) is 7.74. The van der Waals surface area contributed by atoms with Crippen LogP contribution in [-0.2, 0) is 14.3 Å². The SMILES string of the molecule is CCOC(=O)C#Cc1ccccc1OCC(=O)NN. The third-order valence-corrected chi connectivity index (χ3v) is 1.98. The molecule has 0 atom stereocenters. The predicted octanol–water partition coefficient (Wildman–Crippen LogP) is -0.0301. The van der Waals surface area contributed by atoms with Crippen LogP contribution < -0.4 is 16.0 Å². The van der Waals surface area contributed by atoms with E-state index in [0.717, 1.165) is 0 Å². The summed E-state index contributed by atoms with van der Waals surface area (Å²) in [6.07, 6.45) is 0. The average molecular weight is 262 g/mol. The Morgan fingerprint density at radius 2 is 2.11 bits per heavy atom. The quantitative estimate of drug-likeness (QED) is 0.261. The molecule has 0 unspecified atom stereocenters. The Morgan fingerprint density at radius 1 is 1.37 bits per heavy atom. The van der Waals surface area contributed by atoms with Gasteiger partial charge in [-0.2, -0.15) is 0 Å². The third kappa shape index (κ3) is 5.10. The summed E-state index contributed by atoms with van der Waals surface area (Å²) < 4.78 is 9.92. The van der Waals surface area contributed by atoms with Crippen molar-refractivity contribution in [1.82, 2.24) is 5.43 Å². The molecule has 0 aromatic heterocycles. The smallest absolute Gasteiger partial charge is 0.384 e. The van der Waals surface area contributed by atoms with E-state index in [-0.39, 0.29) is 13.2 Å². The minimum absolute atomic E-state index is 0.228. The summed E-state index contributed by atoms with van der Waals surface area (Å²) in [4.78, 5) is 22.1. The molecule has 19 heavy (non-hydrogen) atoms. The number of amides is 1. The van der Waals surface area contributed by atoms with Crippen molar-refractivity contribution in [2.24, 2.45) is 5.84 Å². The van der Waals surface area contributed by atoms with Gasteiger partial charge in [-0.25, -0.2) is 10.6 Å². The molecule has 0 heterocycles. The van der Waals surface area contributed by atoms with Crippen molar-refractivity contribution in [2.75, 3.05) is 13.2 Å². The van der Waals surface area contributed by atoms with Crippen molar-refractivity contribution < 1.29 is 19.1 Å². The standard InChI is InChI=1S/C13H14N2O4/c1-2-18-13(17)8-7-10-5-3-4-6-11(10)19-9-12(16)15-14/h3-6H,2,9,14H2,1H3,(H,15,16). The summed E-state index contributed by atoms with van der Waals surface area (Å²) in [6, 6.07) is 6.77. The highest BCUT2D eigenvalue weighted by Crippen LogP contribution is 2.16. The van der Waals surface area contributed by atoms with E-state index in [1.165, 1.54) is 0 Å². The normalized spacial score (nSPS) is 8.95. The average Bonchev–Trinajstić information content (AvgIpc) is 2.43. The molecule has 0 aliphatic rings. The number of hydrazine groups is 1. The molecule has 1 aromatic carbocycles. The van der Waals surface area contributed by atoms with Crippen LogP contribution in [-0.4, -0.2) is 25.1 Å². The second-order valence-corrected chi connectivity index (χ2v) is 3.32. The minimum Gasteiger partial charge on any atom is -0.482 e. The van der Waals surface area contributed by atoms with Crippen molar-refractivity contribution >= 4 is 11.9 Å². The molecule has 3 N–H and O–H groups in total. The first-order valence-corrected chi connectivity index (χ1v) is 5.57. The Labute approximate surface area is 110 Å². The van der Waals surface area contributed by atoms with Crippen LogP contribution in [0, 0.1) is 11.8 Å². The van der Waals surface area contributed by atoms with E-state index in [0.29, 0.717) is 11.3 Å². The van der Waals surface area contributed by atoms with Gasteiger partial charge < -0.3 is 9.47 Å². The summed E-state index contributed by atoms with van der Waals surface area (Å²) in [5.74, 6) is 9.20. The van der Waals surface area contributed by atoms with E-state index >= 15 is 0 Å². The predicted molar refractivity (Wildman–Crippen MR) is 67.8 cm³/mol. The maximum Gasteiger partial charge on any atom is 0.384 e. The maximum absolute atomic E-state index is 11.1. The van der Waals surface area contributed by atoms with Crippen LogP contribution in [0.1, 0.15) is 12.5 Å². The first kappa shape index (κ1) is 14.5. The summed E-state index contributed by atoms with van der Waals surface area (Å²) in [5, 5.41) is 0. The molecule has 0 aliphatic heterocycles. The van der Waals surface area contributed by atoms with Gasteiger partial charge in [-0.1, -0.05) is 18.1 Å². The monoisotopic (exact) mass is 262 g/mol. The molecule has 100 valence electrons. The summed E-state index contributed by atoms with van der Waals surface area (Å²) in [5.41, 5.74) is 2.43. The van der Waals surface area contributed by atoms with E-state index < -0.39 is 11.9 Å². The lowest BCUT2D eigenvalue weighted by Crippen LogP contribution is -2.34. The Balaban J connectivity index is 2.78. The van der Waals surface area contributed by atoms with Gasteiger partial charge in [0.05, 0.1) is 12.2 Å². The van der Waals surface area contributed by atoms with Crippen LogP contribution in [0.4, 0.5) is 0 Å². The molecule has 0 fully saturated rings. The number of para-hydroxylation sites is 1. The number of ether oxygens (including phenoxy) is 2. The van der Waals surface area contributed by atoms with E-state index in [2.05, 4.69) is 16.6 Å². The summed E-state index contributed by atoms with van der Waals surface area (Å²) in [7, 11) is 0. The molecule has 0 radical (unpaired) electrons. The Kier molecular flexibility index (Phi) is 5.92. The van der Waals surface area contributed by atoms with E-state index in [1.54, 1.807) is 31.2 Å². The van der Waals surface area contributed by atoms with Gasteiger partial charge in [0, 0.05) is 5.92 Å². The Hall–Kier alpha value is -2.52. The van der Waals surface area contributed by atoms with Gasteiger partial charge in [0.2, 0.25) is 0 Å². The number of carbonyl (C=O) groups is 2. The molecule has 1 amide bonds. The number of hydrogen-bond acceptors (Lipinski definition) is 5. The number of esters is 1. The molecule has 6 heteroatoms. The molecule has 6 nitrogen and oxygen atoms in total. The highest BCUT2D eigenvalue weighted by molar-refractivity contribution is 5.89. The van der Waals surface area contributed by atoms with Crippen LogP contribution in [0.3, 0.4) is 0 Å². The van der Waals surface area contributed by atoms with Crippen molar-refractivity contribution in [1.29, 1.82) is 0 Å². The fourth-order valence-corrected chi connectivity index (χ4v) is 1.17. The lowest BCUT2D eigenvalue weighted by Gasteiger charge is -2.06. The number of hydrogen-bond donors (Lipinski definition) is 2. The molecular weight excluding hydrogens is 248 g/mol. The van der Waals surface area contributed by atoms with Gasteiger partial charge in [-0.15, -0.1) is 0 Å². The Bertz CT molecular complexity index is 517. The van der Waals surface area contributed by atoms with Gasteiger partial charge in [-0.05, 0) is 19.1 Å². The number of carbonyl (C=O) groups excluding carboxylic acids is 2. The number of rotatable bonds is 4. The highest BCUT2D eigenvalue weighted by atomic mass is 16.5. The van der Waals surface area contributed by atoms with Crippen LogP contribution in [0.25, 0.3) is 0 Å². The fraction of sp³-hybridized carbons (Fsp3) is 0.231. The van der Waals surface area contributed by atoms with Gasteiger partial charge in [0.25, 0.3) is 5.91 Å². The van der Waals surface area contributed by atoms with E-state index in [9.17, 15) is 9.59 Å². The zero-order valence-corrected chi connectivity index (χ0v) is 10.4. The minimum atomic E-state index is -0.614. The van der Waals surface area contributed by atoms with E-state index in [1.807, 2.05) is 5.43 Å². The molecule has 0 spiro atoms. The second-order valence-electron chi connectivity index (χ2n) is 3.32. The van der Waals surface area contributed by atoms with Gasteiger partial charge >= 0.3 is 5.97 Å². The lowest BCUT2D eigenvalue weighted by atomic mass is 10.2. The fourth-order valence-electron chi connectivity index (χ4n) is 1.17. The van der Waals surface area contributed by atoms with Crippen LogP contribution >= 0.6 is 0 Å². The molecule has 0 aliphatic carbocycles. The molecular formula is C13H14N2O4. The third-order valence-electron chi connectivity index (χ3n) is 1.98.